The van der Waals surface area contributed by atoms with Crippen LogP contribution >= 0.6 is 0 Å². The van der Waals surface area contributed by atoms with E-state index < -0.39 is 22.3 Å². The Morgan fingerprint density at radius 2 is 1.81 bits per heavy atom. The van der Waals surface area contributed by atoms with E-state index in [1.165, 1.54) is 17.7 Å². The van der Waals surface area contributed by atoms with Crippen LogP contribution in [0.3, 0.4) is 0 Å². The van der Waals surface area contributed by atoms with Gasteiger partial charge in [0.15, 0.2) is 0 Å². The Bertz CT molecular complexity index is 1890. The van der Waals surface area contributed by atoms with Crippen molar-refractivity contribution >= 4 is 27.5 Å². The molecule has 0 N–H and O–H groups in total. The molecule has 4 heterocycles. The van der Waals surface area contributed by atoms with Crippen LogP contribution in [0.1, 0.15) is 22.9 Å². The molecule has 1 aliphatic rings. The van der Waals surface area contributed by atoms with E-state index in [1.807, 2.05) is 46.6 Å². The average Bonchev–Trinajstić information content (AvgIpc) is 3.42. The van der Waals surface area contributed by atoms with Crippen molar-refractivity contribution in [2.24, 2.45) is 21.1 Å². The van der Waals surface area contributed by atoms with Crippen molar-refractivity contribution in [2.45, 2.75) is 19.6 Å². The number of nitrogens with zero attached hydrogens (tertiary/aromatic N) is 5. The first-order valence-corrected chi connectivity index (χ1v) is 11.9. The zero-order valence-electron chi connectivity index (χ0n) is 20.9. The fraction of sp³-hybridized carbons (Fsp3) is 0.259. The Hall–Kier alpha value is -4.44. The first-order valence-electron chi connectivity index (χ1n) is 11.9. The van der Waals surface area contributed by atoms with Gasteiger partial charge >= 0.3 is 5.69 Å². The number of fused-ring (bicyclic) bond motifs is 4. The molecule has 10 heteroatoms. The summed E-state index contributed by atoms with van der Waals surface area (Å²) in [5, 5.41) is 13.1. The fourth-order valence-corrected chi connectivity index (χ4v) is 5.65. The standard InChI is InChI=1S/C27H25N5O5/c1-15-9-10-16(13-20(15)32(35)36)22-21-23(29(3)27(34)30(4)26(21)33)24-25(37-12-11-31(22)24)18-14-28(2)19-8-6-5-7-17(18)19/h5-10,13-14,25H,11-12H2,1-4H3. The number of aromatic nitrogens is 4. The van der Waals surface area contributed by atoms with Gasteiger partial charge in [0, 0.05) is 67.5 Å². The molecule has 37 heavy (non-hydrogen) atoms. The quantitative estimate of drug-likeness (QED) is 0.279. The highest BCUT2D eigenvalue weighted by Crippen LogP contribution is 2.43. The maximum absolute atomic E-state index is 13.6. The van der Waals surface area contributed by atoms with Gasteiger partial charge in [-0.05, 0) is 13.0 Å². The minimum Gasteiger partial charge on any atom is -0.365 e. The largest absolute Gasteiger partial charge is 0.365 e. The van der Waals surface area contributed by atoms with E-state index in [4.69, 9.17) is 4.74 Å². The number of hydrogen-bond acceptors (Lipinski definition) is 5. The van der Waals surface area contributed by atoms with Crippen LogP contribution in [0.25, 0.3) is 33.1 Å². The van der Waals surface area contributed by atoms with Crippen LogP contribution in [-0.2, 0) is 32.4 Å². The summed E-state index contributed by atoms with van der Waals surface area (Å²) >= 11 is 0. The first kappa shape index (κ1) is 23.0. The predicted octanol–water partition coefficient (Wildman–Crippen LogP) is 3.53. The maximum atomic E-state index is 13.6. The lowest BCUT2D eigenvalue weighted by atomic mass is 10.0. The summed E-state index contributed by atoms with van der Waals surface area (Å²) in [6.45, 7) is 2.48. The molecule has 0 aliphatic carbocycles. The zero-order valence-corrected chi connectivity index (χ0v) is 20.9. The highest BCUT2D eigenvalue weighted by molar-refractivity contribution is 5.97. The molecule has 0 bridgehead atoms. The Kier molecular flexibility index (Phi) is 4.99. The molecule has 3 aromatic heterocycles. The fourth-order valence-electron chi connectivity index (χ4n) is 5.65. The monoisotopic (exact) mass is 499 g/mol. The minimum atomic E-state index is -0.547. The van der Waals surface area contributed by atoms with E-state index in [2.05, 4.69) is 0 Å². The zero-order chi connectivity index (χ0) is 26.2. The predicted molar refractivity (Wildman–Crippen MR) is 140 cm³/mol. The molecule has 1 atom stereocenters. The molecule has 5 aromatic rings. The van der Waals surface area contributed by atoms with Crippen LogP contribution < -0.4 is 11.2 Å². The molecule has 0 radical (unpaired) electrons. The molecule has 1 aliphatic heterocycles. The van der Waals surface area contributed by atoms with Crippen molar-refractivity contribution in [1.29, 1.82) is 0 Å². The number of benzene rings is 2. The molecular formula is C27H25N5O5. The highest BCUT2D eigenvalue weighted by Gasteiger charge is 2.34. The normalized spacial score (nSPS) is 15.4. The van der Waals surface area contributed by atoms with Crippen LogP contribution in [-0.4, -0.2) is 29.8 Å². The van der Waals surface area contributed by atoms with Gasteiger partial charge in [-0.3, -0.25) is 24.0 Å². The minimum absolute atomic E-state index is 0.0273. The van der Waals surface area contributed by atoms with Crippen molar-refractivity contribution in [3.05, 3.63) is 96.4 Å². The molecule has 0 fully saturated rings. The molecule has 188 valence electrons. The van der Waals surface area contributed by atoms with Crippen LogP contribution in [0.4, 0.5) is 5.69 Å². The van der Waals surface area contributed by atoms with Gasteiger partial charge in [0.1, 0.15) is 6.10 Å². The second-order valence-corrected chi connectivity index (χ2v) is 9.54. The van der Waals surface area contributed by atoms with Crippen molar-refractivity contribution in [3.8, 4) is 11.3 Å². The summed E-state index contributed by atoms with van der Waals surface area (Å²) in [6, 6.07) is 13.0. The van der Waals surface area contributed by atoms with E-state index in [9.17, 15) is 19.7 Å². The highest BCUT2D eigenvalue weighted by atomic mass is 16.6. The van der Waals surface area contributed by atoms with E-state index in [0.717, 1.165) is 21.0 Å². The van der Waals surface area contributed by atoms with E-state index >= 15 is 0 Å². The van der Waals surface area contributed by atoms with Crippen LogP contribution in [0.15, 0.2) is 58.3 Å². The second kappa shape index (κ2) is 8.04. The maximum Gasteiger partial charge on any atom is 0.331 e. The third kappa shape index (κ3) is 3.15. The van der Waals surface area contributed by atoms with Gasteiger partial charge in [0.25, 0.3) is 11.2 Å². The molecule has 0 spiro atoms. The molecule has 0 saturated heterocycles. The lowest BCUT2D eigenvalue weighted by molar-refractivity contribution is -0.385. The van der Waals surface area contributed by atoms with Crippen molar-refractivity contribution in [1.82, 2.24) is 18.3 Å². The van der Waals surface area contributed by atoms with Crippen molar-refractivity contribution < 1.29 is 9.66 Å². The number of ether oxygens (including phenoxy) is 1. The van der Waals surface area contributed by atoms with E-state index in [-0.39, 0.29) is 5.69 Å². The second-order valence-electron chi connectivity index (χ2n) is 9.54. The van der Waals surface area contributed by atoms with E-state index in [1.54, 1.807) is 26.1 Å². The summed E-state index contributed by atoms with van der Waals surface area (Å²) in [5.74, 6) is 0. The lowest BCUT2D eigenvalue weighted by Gasteiger charge is -2.27. The molecule has 0 saturated carbocycles. The van der Waals surface area contributed by atoms with Crippen LogP contribution in [0.2, 0.25) is 0 Å². The lowest BCUT2D eigenvalue weighted by Crippen LogP contribution is -2.37. The van der Waals surface area contributed by atoms with Gasteiger partial charge < -0.3 is 13.9 Å². The Morgan fingerprint density at radius 3 is 2.57 bits per heavy atom. The van der Waals surface area contributed by atoms with Crippen molar-refractivity contribution in [3.63, 3.8) is 0 Å². The Morgan fingerprint density at radius 1 is 1.05 bits per heavy atom. The van der Waals surface area contributed by atoms with Gasteiger partial charge in [-0.25, -0.2) is 4.79 Å². The molecule has 0 amide bonds. The van der Waals surface area contributed by atoms with Gasteiger partial charge in [0.2, 0.25) is 0 Å². The third-order valence-corrected chi connectivity index (χ3v) is 7.44. The topological polar surface area (TPSA) is 106 Å². The van der Waals surface area contributed by atoms with Gasteiger partial charge in [-0.15, -0.1) is 0 Å². The number of para-hydroxylation sites is 1. The van der Waals surface area contributed by atoms with Crippen molar-refractivity contribution in [2.75, 3.05) is 6.61 Å². The van der Waals surface area contributed by atoms with Crippen LogP contribution in [0, 0.1) is 17.0 Å². The number of nitro groups is 1. The summed E-state index contributed by atoms with van der Waals surface area (Å²) in [6.07, 6.45) is 1.47. The smallest absolute Gasteiger partial charge is 0.331 e. The van der Waals surface area contributed by atoms with Gasteiger partial charge in [0.05, 0.1) is 33.8 Å². The first-order chi connectivity index (χ1) is 17.7. The molecule has 6 rings (SSSR count). The molecule has 2 aromatic carbocycles. The number of nitro benzene ring substituents is 1. The molecule has 10 nitrogen and oxygen atoms in total. The summed E-state index contributed by atoms with van der Waals surface area (Å²) in [5.41, 5.74) is 3.82. The van der Waals surface area contributed by atoms with E-state index in [0.29, 0.717) is 46.6 Å². The Labute approximate surface area is 210 Å². The molecule has 1 unspecified atom stereocenters. The SMILES string of the molecule is Cc1ccc(-c2c3c(=O)n(C)c(=O)n(C)c3c3n2CCOC3c2cn(C)c3ccccc23)cc1[N+](=O)[O-]. The Balaban J connectivity index is 1.76. The van der Waals surface area contributed by atoms with Crippen LogP contribution in [0.5, 0.6) is 0 Å². The number of rotatable bonds is 3. The number of aryl methyl sites for hydroxylation is 3. The summed E-state index contributed by atoms with van der Waals surface area (Å²) in [4.78, 5) is 38.0. The van der Waals surface area contributed by atoms with Gasteiger partial charge in [-0.2, -0.15) is 0 Å². The summed E-state index contributed by atoms with van der Waals surface area (Å²) < 4.78 is 12.9. The molecular weight excluding hydrogens is 474 g/mol. The average molecular weight is 500 g/mol. The van der Waals surface area contributed by atoms with Gasteiger partial charge in [-0.1, -0.05) is 30.3 Å². The number of hydrogen-bond donors (Lipinski definition) is 0. The summed E-state index contributed by atoms with van der Waals surface area (Å²) in [7, 11) is 5.05. The third-order valence-electron chi connectivity index (χ3n) is 7.44.